The van der Waals surface area contributed by atoms with Gasteiger partial charge >= 0.3 is 5.97 Å². The predicted molar refractivity (Wildman–Crippen MR) is 106 cm³/mol. The van der Waals surface area contributed by atoms with Crippen LogP contribution in [-0.2, 0) is 19.1 Å². The van der Waals surface area contributed by atoms with Crippen molar-refractivity contribution in [3.8, 4) is 11.8 Å². The normalized spacial score (nSPS) is 12.4. The summed E-state index contributed by atoms with van der Waals surface area (Å²) in [5.41, 5.74) is 0. The molecule has 0 bridgehead atoms. The molecule has 8 heteroatoms. The van der Waals surface area contributed by atoms with Crippen molar-refractivity contribution in [2.24, 2.45) is 11.8 Å². The van der Waals surface area contributed by atoms with E-state index < -0.39 is 23.8 Å². The van der Waals surface area contributed by atoms with Crippen LogP contribution in [0.1, 0.15) is 40.5 Å². The number of hydrogen-bond acceptors (Lipinski definition) is 6. The molecule has 8 nitrogen and oxygen atoms in total. The number of rotatable bonds is 11. The van der Waals surface area contributed by atoms with Crippen LogP contribution in [0, 0.1) is 23.2 Å². The summed E-state index contributed by atoms with van der Waals surface area (Å²) in [5, 5.41) is 13.0. The molecule has 1 rings (SSSR count). The molecule has 0 radical (unpaired) electrons. The molecule has 0 aliphatic heterocycles. The van der Waals surface area contributed by atoms with E-state index in [2.05, 4.69) is 5.32 Å². The van der Waals surface area contributed by atoms with Gasteiger partial charge in [-0.1, -0.05) is 32.0 Å². The summed E-state index contributed by atoms with van der Waals surface area (Å²) in [6.45, 7) is 7.58. The second-order valence-corrected chi connectivity index (χ2v) is 6.75. The first-order chi connectivity index (χ1) is 13.8. The van der Waals surface area contributed by atoms with Crippen molar-refractivity contribution in [2.75, 3.05) is 13.2 Å². The Bertz CT molecular complexity index is 715. The minimum absolute atomic E-state index is 0.0816. The predicted octanol–water partition coefficient (Wildman–Crippen LogP) is 2.45. The van der Waals surface area contributed by atoms with E-state index in [1.54, 1.807) is 38.1 Å². The number of hydroxylamine groups is 2. The molecule has 0 spiro atoms. The zero-order valence-corrected chi connectivity index (χ0v) is 17.4. The third kappa shape index (κ3) is 8.21. The summed E-state index contributed by atoms with van der Waals surface area (Å²) in [4.78, 5) is 42.6. The van der Waals surface area contributed by atoms with Gasteiger partial charge in [-0.3, -0.25) is 14.4 Å². The second-order valence-electron chi connectivity index (χ2n) is 6.75. The van der Waals surface area contributed by atoms with Crippen LogP contribution in [-0.4, -0.2) is 42.0 Å². The van der Waals surface area contributed by atoms with Gasteiger partial charge in [0, 0.05) is 12.3 Å². The smallest absolute Gasteiger partial charge is 0.308 e. The van der Waals surface area contributed by atoms with Crippen LogP contribution in [0.3, 0.4) is 0 Å². The molecule has 0 saturated carbocycles. The molecule has 0 fully saturated rings. The third-order valence-corrected chi connectivity index (χ3v) is 4.21. The Morgan fingerprint density at radius 1 is 1.14 bits per heavy atom. The molecular weight excluding hydrogens is 374 g/mol. The summed E-state index contributed by atoms with van der Waals surface area (Å²) in [5.74, 6) is -1.67. The van der Waals surface area contributed by atoms with E-state index in [4.69, 9.17) is 9.57 Å². The second kappa shape index (κ2) is 12.4. The molecule has 158 valence electrons. The highest BCUT2D eigenvalue weighted by Gasteiger charge is 2.30. The number of amides is 2. The Balaban J connectivity index is 2.77. The van der Waals surface area contributed by atoms with Crippen molar-refractivity contribution >= 4 is 17.8 Å². The zero-order chi connectivity index (χ0) is 21.8. The average Bonchev–Trinajstić information content (AvgIpc) is 2.70. The van der Waals surface area contributed by atoms with Crippen LogP contribution in [0.25, 0.3) is 0 Å². The first kappa shape index (κ1) is 24.0. The lowest BCUT2D eigenvalue weighted by Crippen LogP contribution is -2.44. The van der Waals surface area contributed by atoms with E-state index in [1.807, 2.05) is 26.0 Å². The molecular formula is C21H29N3O5. The maximum absolute atomic E-state index is 12.7. The SMILES string of the molecule is CCOC(=O)CC(C#N)NC(=O)C(CC(=O)N(CC)Oc1ccccc1)C(C)C. The molecule has 0 aliphatic rings. The minimum atomic E-state index is -1.01. The quantitative estimate of drug-likeness (QED) is 0.449. The maximum atomic E-state index is 12.7. The first-order valence-electron chi connectivity index (χ1n) is 9.71. The van der Waals surface area contributed by atoms with Crippen LogP contribution in [0.4, 0.5) is 0 Å². The summed E-state index contributed by atoms with van der Waals surface area (Å²) < 4.78 is 4.81. The van der Waals surface area contributed by atoms with Gasteiger partial charge in [-0.25, -0.2) is 0 Å². The topological polar surface area (TPSA) is 109 Å². The Labute approximate surface area is 171 Å². The Morgan fingerprint density at radius 3 is 2.31 bits per heavy atom. The Morgan fingerprint density at radius 2 is 1.79 bits per heavy atom. The van der Waals surface area contributed by atoms with E-state index in [1.165, 1.54) is 5.06 Å². The van der Waals surface area contributed by atoms with E-state index in [9.17, 15) is 19.6 Å². The molecule has 0 heterocycles. The van der Waals surface area contributed by atoms with Crippen LogP contribution >= 0.6 is 0 Å². The molecule has 0 aromatic heterocycles. The molecule has 29 heavy (non-hydrogen) atoms. The minimum Gasteiger partial charge on any atom is -0.466 e. The van der Waals surface area contributed by atoms with Crippen LogP contribution in [0.5, 0.6) is 5.75 Å². The molecule has 2 unspecified atom stereocenters. The average molecular weight is 403 g/mol. The van der Waals surface area contributed by atoms with Gasteiger partial charge < -0.3 is 14.9 Å². The number of nitrogens with zero attached hydrogens (tertiary/aromatic N) is 2. The Kier molecular flexibility index (Phi) is 10.2. The van der Waals surface area contributed by atoms with Crippen molar-refractivity contribution in [3.05, 3.63) is 30.3 Å². The van der Waals surface area contributed by atoms with Crippen LogP contribution in [0.2, 0.25) is 0 Å². The van der Waals surface area contributed by atoms with Gasteiger partial charge in [0.1, 0.15) is 6.04 Å². The highest BCUT2D eigenvalue weighted by Crippen LogP contribution is 2.19. The number of esters is 1. The van der Waals surface area contributed by atoms with E-state index in [0.29, 0.717) is 12.3 Å². The summed E-state index contributed by atoms with van der Waals surface area (Å²) in [7, 11) is 0. The highest BCUT2D eigenvalue weighted by atomic mass is 16.7. The number of ether oxygens (including phenoxy) is 1. The number of carbonyl (C=O) groups is 3. The van der Waals surface area contributed by atoms with Gasteiger partial charge in [-0.05, 0) is 31.9 Å². The molecule has 2 atom stereocenters. The lowest BCUT2D eigenvalue weighted by atomic mass is 9.91. The van der Waals surface area contributed by atoms with Gasteiger partial charge in [0.2, 0.25) is 5.91 Å². The fraction of sp³-hybridized carbons (Fsp3) is 0.524. The van der Waals surface area contributed by atoms with E-state index >= 15 is 0 Å². The maximum Gasteiger partial charge on any atom is 0.308 e. The number of para-hydroxylation sites is 1. The number of benzene rings is 1. The zero-order valence-electron chi connectivity index (χ0n) is 17.4. The summed E-state index contributed by atoms with van der Waals surface area (Å²) >= 11 is 0. The number of carbonyl (C=O) groups excluding carboxylic acids is 3. The van der Waals surface area contributed by atoms with Crippen LogP contribution < -0.4 is 10.2 Å². The van der Waals surface area contributed by atoms with Gasteiger partial charge in [0.15, 0.2) is 5.75 Å². The first-order valence-corrected chi connectivity index (χ1v) is 9.71. The largest absolute Gasteiger partial charge is 0.466 e. The monoisotopic (exact) mass is 403 g/mol. The number of nitrogens with one attached hydrogen (secondary N) is 1. The molecule has 1 aromatic rings. The lowest BCUT2D eigenvalue weighted by molar-refractivity contribution is -0.159. The van der Waals surface area contributed by atoms with E-state index in [-0.39, 0.29) is 31.3 Å². The fourth-order valence-electron chi connectivity index (χ4n) is 2.62. The number of hydrogen-bond donors (Lipinski definition) is 1. The lowest BCUT2D eigenvalue weighted by Gasteiger charge is -2.25. The fourth-order valence-corrected chi connectivity index (χ4v) is 2.62. The van der Waals surface area contributed by atoms with E-state index in [0.717, 1.165) is 0 Å². The summed E-state index contributed by atoms with van der Waals surface area (Å²) in [6, 6.07) is 9.76. The van der Waals surface area contributed by atoms with Crippen molar-refractivity contribution in [1.29, 1.82) is 5.26 Å². The molecule has 2 amide bonds. The van der Waals surface area contributed by atoms with Gasteiger partial charge in [0.05, 0.1) is 25.6 Å². The molecule has 0 saturated heterocycles. The Hall–Kier alpha value is -3.08. The van der Waals surface area contributed by atoms with Gasteiger partial charge in [-0.2, -0.15) is 10.3 Å². The van der Waals surface area contributed by atoms with Crippen molar-refractivity contribution in [2.45, 2.75) is 46.6 Å². The third-order valence-electron chi connectivity index (χ3n) is 4.21. The molecule has 0 aliphatic carbocycles. The molecule has 1 aromatic carbocycles. The standard InChI is InChI=1S/C21H29N3O5/c1-5-24(29-17-10-8-7-9-11-17)19(25)13-18(15(3)4)21(27)23-16(14-22)12-20(26)28-6-2/h7-11,15-16,18H,5-6,12-13H2,1-4H3,(H,23,27). The van der Waals surface area contributed by atoms with Gasteiger partial charge in [-0.15, -0.1) is 0 Å². The van der Waals surface area contributed by atoms with Crippen LogP contribution in [0.15, 0.2) is 30.3 Å². The van der Waals surface area contributed by atoms with Crippen molar-refractivity contribution < 1.29 is 24.0 Å². The molecule has 1 N–H and O–H groups in total. The van der Waals surface area contributed by atoms with Crippen molar-refractivity contribution in [3.63, 3.8) is 0 Å². The van der Waals surface area contributed by atoms with Gasteiger partial charge in [0.25, 0.3) is 5.91 Å². The number of nitriles is 1. The summed E-state index contributed by atoms with van der Waals surface area (Å²) in [6.07, 6.45) is -0.325. The van der Waals surface area contributed by atoms with Crippen molar-refractivity contribution in [1.82, 2.24) is 10.4 Å². The highest BCUT2D eigenvalue weighted by molar-refractivity contribution is 5.86.